The molecule has 0 bridgehead atoms. The van der Waals surface area contributed by atoms with Gasteiger partial charge < -0.3 is 0 Å². The standard InChI is InChI=1S/C15H14F2NP/c1-3-12(16)15-9(2)6-11(8-18-15)10-4-5-13(17)14(19)7-10/h3-8H,19H2,1-2H3/b12-3+. The number of allylic oxidation sites excluding steroid dienone is 1. The Kier molecular flexibility index (Phi) is 4.06. The molecule has 0 saturated carbocycles. The van der Waals surface area contributed by atoms with Gasteiger partial charge in [-0.1, -0.05) is 6.07 Å². The van der Waals surface area contributed by atoms with Crippen molar-refractivity contribution in [2.24, 2.45) is 0 Å². The fourth-order valence-corrected chi connectivity index (χ4v) is 2.12. The van der Waals surface area contributed by atoms with E-state index in [0.717, 1.165) is 16.7 Å². The van der Waals surface area contributed by atoms with Crippen LogP contribution in [0.4, 0.5) is 8.78 Å². The molecule has 4 heteroatoms. The van der Waals surface area contributed by atoms with Crippen LogP contribution >= 0.6 is 9.24 Å². The van der Waals surface area contributed by atoms with Gasteiger partial charge in [-0.05, 0) is 49.2 Å². The molecular formula is C15H14F2NP. The normalized spacial score (nSPS) is 11.7. The highest BCUT2D eigenvalue weighted by molar-refractivity contribution is 7.27. The van der Waals surface area contributed by atoms with Crippen LogP contribution in [0.1, 0.15) is 18.2 Å². The minimum Gasteiger partial charge on any atom is -0.253 e. The van der Waals surface area contributed by atoms with Crippen LogP contribution < -0.4 is 5.30 Å². The van der Waals surface area contributed by atoms with Gasteiger partial charge in [-0.2, -0.15) is 0 Å². The van der Waals surface area contributed by atoms with E-state index in [4.69, 9.17) is 0 Å². The van der Waals surface area contributed by atoms with Gasteiger partial charge in [0.1, 0.15) is 17.3 Å². The maximum atomic E-state index is 13.5. The molecule has 1 aromatic heterocycles. The highest BCUT2D eigenvalue weighted by Crippen LogP contribution is 2.24. The van der Waals surface area contributed by atoms with Crippen molar-refractivity contribution in [3.63, 3.8) is 0 Å². The van der Waals surface area contributed by atoms with E-state index in [-0.39, 0.29) is 11.6 Å². The molecule has 0 amide bonds. The Bertz CT molecular complexity index is 651. The van der Waals surface area contributed by atoms with Crippen molar-refractivity contribution < 1.29 is 8.78 Å². The molecule has 98 valence electrons. The zero-order valence-corrected chi connectivity index (χ0v) is 11.9. The van der Waals surface area contributed by atoms with E-state index in [2.05, 4.69) is 14.2 Å². The molecule has 1 unspecified atom stereocenters. The fourth-order valence-electron chi connectivity index (χ4n) is 1.84. The minimum absolute atomic E-state index is 0.269. The number of pyridine rings is 1. The van der Waals surface area contributed by atoms with Gasteiger partial charge in [0.15, 0.2) is 0 Å². The Morgan fingerprint density at radius 2 is 2.00 bits per heavy atom. The number of hydrogen-bond acceptors (Lipinski definition) is 1. The van der Waals surface area contributed by atoms with Gasteiger partial charge in [0.2, 0.25) is 0 Å². The second-order valence-electron chi connectivity index (χ2n) is 4.26. The Balaban J connectivity index is 2.47. The maximum Gasteiger partial charge on any atom is 0.144 e. The number of aryl methyl sites for hydroxylation is 1. The molecule has 1 aromatic carbocycles. The van der Waals surface area contributed by atoms with Crippen molar-refractivity contribution in [2.45, 2.75) is 13.8 Å². The van der Waals surface area contributed by atoms with E-state index in [0.29, 0.717) is 11.0 Å². The van der Waals surface area contributed by atoms with E-state index in [1.165, 1.54) is 12.1 Å². The molecule has 2 rings (SSSR count). The van der Waals surface area contributed by atoms with Crippen LogP contribution in [0.15, 0.2) is 36.5 Å². The predicted octanol–water partition coefficient (Wildman–Crippen LogP) is 4.03. The van der Waals surface area contributed by atoms with Gasteiger partial charge in [-0.25, -0.2) is 8.78 Å². The third-order valence-corrected chi connectivity index (χ3v) is 3.33. The van der Waals surface area contributed by atoms with Gasteiger partial charge in [0.05, 0.1) is 0 Å². The molecular weight excluding hydrogens is 263 g/mol. The van der Waals surface area contributed by atoms with Gasteiger partial charge in [-0.3, -0.25) is 4.98 Å². The summed E-state index contributed by atoms with van der Waals surface area (Å²) in [6, 6.07) is 6.67. The summed E-state index contributed by atoms with van der Waals surface area (Å²) in [5, 5.41) is 0.499. The first-order valence-corrected chi connectivity index (χ1v) is 6.45. The largest absolute Gasteiger partial charge is 0.253 e. The maximum absolute atomic E-state index is 13.5. The first-order chi connectivity index (χ1) is 9.02. The lowest BCUT2D eigenvalue weighted by Crippen LogP contribution is -1.98. The molecule has 0 radical (unpaired) electrons. The number of nitrogens with zero attached hydrogens (tertiary/aromatic N) is 1. The molecule has 1 atom stereocenters. The van der Waals surface area contributed by atoms with Crippen LogP contribution in [0.25, 0.3) is 17.0 Å². The summed E-state index contributed by atoms with van der Waals surface area (Å²) in [6.07, 6.45) is 2.98. The Morgan fingerprint density at radius 3 is 2.58 bits per heavy atom. The number of rotatable bonds is 2. The Labute approximate surface area is 113 Å². The zero-order chi connectivity index (χ0) is 14.0. The van der Waals surface area contributed by atoms with E-state index < -0.39 is 0 Å². The number of halogens is 2. The topological polar surface area (TPSA) is 12.9 Å². The van der Waals surface area contributed by atoms with Crippen molar-refractivity contribution in [1.29, 1.82) is 0 Å². The molecule has 0 aliphatic rings. The zero-order valence-electron chi connectivity index (χ0n) is 10.7. The fraction of sp³-hybridized carbons (Fsp3) is 0.133. The summed E-state index contributed by atoms with van der Waals surface area (Å²) in [6.45, 7) is 3.44. The van der Waals surface area contributed by atoms with Crippen molar-refractivity contribution in [3.05, 3.63) is 53.6 Å². The summed E-state index contributed by atoms with van der Waals surface area (Å²) in [7, 11) is 2.35. The molecule has 0 aliphatic heterocycles. The lowest BCUT2D eigenvalue weighted by molar-refractivity contribution is 0.637. The molecule has 0 N–H and O–H groups in total. The average Bonchev–Trinajstić information content (AvgIpc) is 2.41. The molecule has 0 saturated heterocycles. The Morgan fingerprint density at radius 1 is 1.26 bits per heavy atom. The summed E-state index contributed by atoms with van der Waals surface area (Å²) < 4.78 is 26.7. The SMILES string of the molecule is C/C=C(/F)c1ncc(-c2ccc(F)c(P)c2)cc1C. The van der Waals surface area contributed by atoms with E-state index in [1.54, 1.807) is 32.2 Å². The highest BCUT2D eigenvalue weighted by atomic mass is 31.0. The first-order valence-electron chi connectivity index (χ1n) is 5.87. The lowest BCUT2D eigenvalue weighted by Gasteiger charge is -2.07. The van der Waals surface area contributed by atoms with Crippen LogP contribution in [-0.4, -0.2) is 4.98 Å². The smallest absolute Gasteiger partial charge is 0.144 e. The Hall–Kier alpha value is -1.60. The van der Waals surface area contributed by atoms with Crippen LogP contribution in [-0.2, 0) is 0 Å². The van der Waals surface area contributed by atoms with Gasteiger partial charge in [-0.15, -0.1) is 9.24 Å². The van der Waals surface area contributed by atoms with Gasteiger partial charge in [0, 0.05) is 17.1 Å². The predicted molar refractivity (Wildman–Crippen MR) is 78.5 cm³/mol. The van der Waals surface area contributed by atoms with Crippen molar-refractivity contribution in [3.8, 4) is 11.1 Å². The first kappa shape index (κ1) is 13.8. The van der Waals surface area contributed by atoms with Crippen molar-refractivity contribution >= 4 is 20.4 Å². The summed E-state index contributed by atoms with van der Waals surface area (Å²) in [5.41, 5.74) is 2.80. The molecule has 1 heterocycles. The molecule has 19 heavy (non-hydrogen) atoms. The number of hydrogen-bond donors (Lipinski definition) is 0. The number of aromatic nitrogens is 1. The van der Waals surface area contributed by atoms with E-state index in [9.17, 15) is 8.78 Å². The third-order valence-electron chi connectivity index (χ3n) is 2.89. The van der Waals surface area contributed by atoms with Gasteiger partial charge in [0.25, 0.3) is 0 Å². The summed E-state index contributed by atoms with van der Waals surface area (Å²) >= 11 is 0. The number of benzene rings is 1. The second-order valence-corrected chi connectivity index (χ2v) is 4.88. The quantitative estimate of drug-likeness (QED) is 0.755. The van der Waals surface area contributed by atoms with Crippen LogP contribution in [0.2, 0.25) is 0 Å². The average molecular weight is 277 g/mol. The molecule has 0 spiro atoms. The summed E-state index contributed by atoms with van der Waals surface area (Å²) in [4.78, 5) is 4.13. The van der Waals surface area contributed by atoms with Crippen molar-refractivity contribution in [2.75, 3.05) is 0 Å². The highest BCUT2D eigenvalue weighted by Gasteiger charge is 2.08. The van der Waals surface area contributed by atoms with Crippen LogP contribution in [0, 0.1) is 12.7 Å². The van der Waals surface area contributed by atoms with Gasteiger partial charge >= 0.3 is 0 Å². The van der Waals surface area contributed by atoms with Crippen LogP contribution in [0.5, 0.6) is 0 Å². The molecule has 0 fully saturated rings. The molecule has 1 nitrogen and oxygen atoms in total. The van der Waals surface area contributed by atoms with E-state index >= 15 is 0 Å². The van der Waals surface area contributed by atoms with E-state index in [1.807, 2.05) is 6.07 Å². The molecule has 2 aromatic rings. The molecule has 0 aliphatic carbocycles. The third kappa shape index (κ3) is 2.87. The van der Waals surface area contributed by atoms with Crippen molar-refractivity contribution in [1.82, 2.24) is 4.98 Å². The monoisotopic (exact) mass is 277 g/mol. The van der Waals surface area contributed by atoms with Crippen LogP contribution in [0.3, 0.4) is 0 Å². The second kappa shape index (κ2) is 5.58. The lowest BCUT2D eigenvalue weighted by atomic mass is 10.0. The summed E-state index contributed by atoms with van der Waals surface area (Å²) in [5.74, 6) is -0.607. The minimum atomic E-state index is -0.338.